The predicted octanol–water partition coefficient (Wildman–Crippen LogP) is 2.52. The van der Waals surface area contributed by atoms with Crippen molar-refractivity contribution in [2.24, 2.45) is 11.8 Å². The van der Waals surface area contributed by atoms with E-state index in [4.69, 9.17) is 5.11 Å². The van der Waals surface area contributed by atoms with Gasteiger partial charge in [0.05, 0.1) is 0 Å². The normalized spacial score (nSPS) is 23.3. The maximum Gasteiger partial charge on any atom is 0.303 e. The van der Waals surface area contributed by atoms with E-state index in [2.05, 4.69) is 6.92 Å². The van der Waals surface area contributed by atoms with Crippen molar-refractivity contribution in [1.82, 2.24) is 4.90 Å². The maximum atomic E-state index is 12.5. The lowest BCUT2D eigenvalue weighted by Crippen LogP contribution is -2.42. The molecule has 0 aliphatic heterocycles. The number of carboxylic acid groups (broad SMARTS) is 1. The predicted molar refractivity (Wildman–Crippen MR) is 70.2 cm³/mol. The molecule has 4 nitrogen and oxygen atoms in total. The quantitative estimate of drug-likeness (QED) is 0.793. The summed E-state index contributed by atoms with van der Waals surface area (Å²) in [7, 11) is 0. The van der Waals surface area contributed by atoms with Crippen LogP contribution in [0.4, 0.5) is 0 Å². The molecule has 1 N–H and O–H groups in total. The number of carbonyl (C=O) groups is 2. The van der Waals surface area contributed by atoms with Crippen LogP contribution < -0.4 is 0 Å². The number of rotatable bonds is 6. The van der Waals surface area contributed by atoms with Gasteiger partial charge in [-0.1, -0.05) is 13.3 Å². The van der Waals surface area contributed by atoms with Crippen molar-refractivity contribution in [2.45, 2.75) is 58.9 Å². The molecule has 1 aliphatic carbocycles. The molecular formula is C14H25NO3. The van der Waals surface area contributed by atoms with E-state index >= 15 is 0 Å². The maximum absolute atomic E-state index is 12.5. The molecule has 18 heavy (non-hydrogen) atoms. The van der Waals surface area contributed by atoms with Crippen LogP contribution in [0.15, 0.2) is 0 Å². The summed E-state index contributed by atoms with van der Waals surface area (Å²) >= 11 is 0. The van der Waals surface area contributed by atoms with Gasteiger partial charge in [-0.05, 0) is 39.0 Å². The molecule has 0 spiro atoms. The first-order valence-corrected chi connectivity index (χ1v) is 6.95. The van der Waals surface area contributed by atoms with Crippen molar-refractivity contribution in [3.05, 3.63) is 0 Å². The Hall–Kier alpha value is -1.06. The second-order valence-corrected chi connectivity index (χ2v) is 5.64. The molecule has 1 fully saturated rings. The Morgan fingerprint density at radius 2 is 2.00 bits per heavy atom. The zero-order chi connectivity index (χ0) is 13.7. The zero-order valence-corrected chi connectivity index (χ0v) is 11.7. The summed E-state index contributed by atoms with van der Waals surface area (Å²) in [5.74, 6) is 0.0521. The van der Waals surface area contributed by atoms with E-state index in [0.29, 0.717) is 18.9 Å². The molecule has 4 heteroatoms. The van der Waals surface area contributed by atoms with Crippen LogP contribution in [0.3, 0.4) is 0 Å². The number of amides is 1. The third kappa shape index (κ3) is 4.00. The lowest BCUT2D eigenvalue weighted by Gasteiger charge is -2.30. The highest BCUT2D eigenvalue weighted by atomic mass is 16.4. The van der Waals surface area contributed by atoms with Crippen molar-refractivity contribution >= 4 is 11.9 Å². The molecule has 0 aromatic heterocycles. The molecule has 1 rings (SSSR count). The number of nitrogens with zero attached hydrogens (tertiary/aromatic N) is 1. The van der Waals surface area contributed by atoms with E-state index in [9.17, 15) is 9.59 Å². The summed E-state index contributed by atoms with van der Waals surface area (Å²) in [5, 5.41) is 8.65. The molecule has 1 saturated carbocycles. The third-order valence-corrected chi connectivity index (χ3v) is 3.87. The van der Waals surface area contributed by atoms with Gasteiger partial charge in [0.1, 0.15) is 0 Å². The van der Waals surface area contributed by atoms with Crippen LogP contribution in [0.2, 0.25) is 0 Å². The van der Waals surface area contributed by atoms with Crippen LogP contribution in [0.5, 0.6) is 0 Å². The van der Waals surface area contributed by atoms with Gasteiger partial charge in [0.25, 0.3) is 0 Å². The first-order valence-electron chi connectivity index (χ1n) is 6.95. The summed E-state index contributed by atoms with van der Waals surface area (Å²) in [6, 6.07) is 0.152. The number of carboxylic acids is 1. The molecule has 2 unspecified atom stereocenters. The molecule has 1 aliphatic rings. The standard InChI is InChI=1S/C14H25NO3/c1-10(2)15(9-5-8-13(16)17)14(18)12-7-4-6-11(12)3/h10-12H,4-9H2,1-3H3,(H,16,17). The summed E-state index contributed by atoms with van der Waals surface area (Å²) in [6.45, 7) is 6.70. The molecular weight excluding hydrogens is 230 g/mol. The Bertz CT molecular complexity index is 301. The van der Waals surface area contributed by atoms with Crippen molar-refractivity contribution in [2.75, 3.05) is 6.54 Å². The Morgan fingerprint density at radius 1 is 1.33 bits per heavy atom. The van der Waals surface area contributed by atoms with Crippen molar-refractivity contribution < 1.29 is 14.7 Å². The molecule has 0 heterocycles. The fraction of sp³-hybridized carbons (Fsp3) is 0.857. The topological polar surface area (TPSA) is 57.6 Å². The highest BCUT2D eigenvalue weighted by Gasteiger charge is 2.33. The van der Waals surface area contributed by atoms with Gasteiger partial charge in [-0.25, -0.2) is 0 Å². The smallest absolute Gasteiger partial charge is 0.303 e. The number of carbonyl (C=O) groups excluding carboxylic acids is 1. The largest absolute Gasteiger partial charge is 0.481 e. The molecule has 2 atom stereocenters. The van der Waals surface area contributed by atoms with Crippen LogP contribution in [-0.2, 0) is 9.59 Å². The first kappa shape index (κ1) is 15.0. The molecule has 0 radical (unpaired) electrons. The van der Waals surface area contributed by atoms with Crippen molar-refractivity contribution in [1.29, 1.82) is 0 Å². The highest BCUT2D eigenvalue weighted by Crippen LogP contribution is 2.33. The first-order chi connectivity index (χ1) is 8.43. The van der Waals surface area contributed by atoms with Gasteiger partial charge in [-0.3, -0.25) is 9.59 Å². The molecule has 104 valence electrons. The van der Waals surface area contributed by atoms with E-state index in [-0.39, 0.29) is 24.3 Å². The fourth-order valence-electron chi connectivity index (χ4n) is 2.75. The number of hydrogen-bond donors (Lipinski definition) is 1. The van der Waals surface area contributed by atoms with Crippen LogP contribution in [0.25, 0.3) is 0 Å². The monoisotopic (exact) mass is 255 g/mol. The number of hydrogen-bond acceptors (Lipinski definition) is 2. The SMILES string of the molecule is CC1CCCC1C(=O)N(CCCC(=O)O)C(C)C. The van der Waals surface area contributed by atoms with Gasteiger partial charge in [0.2, 0.25) is 5.91 Å². The average molecular weight is 255 g/mol. The Morgan fingerprint density at radius 3 is 2.44 bits per heavy atom. The van der Waals surface area contributed by atoms with Crippen molar-refractivity contribution in [3.8, 4) is 0 Å². The number of aliphatic carboxylic acids is 1. The lowest BCUT2D eigenvalue weighted by atomic mass is 9.96. The molecule has 1 amide bonds. The van der Waals surface area contributed by atoms with Gasteiger partial charge >= 0.3 is 5.97 Å². The van der Waals surface area contributed by atoms with Crippen LogP contribution in [0.1, 0.15) is 52.9 Å². The van der Waals surface area contributed by atoms with Gasteiger partial charge < -0.3 is 10.0 Å². The Labute approximate surface area is 109 Å². The third-order valence-electron chi connectivity index (χ3n) is 3.87. The zero-order valence-electron chi connectivity index (χ0n) is 11.7. The summed E-state index contributed by atoms with van der Waals surface area (Å²) < 4.78 is 0. The van der Waals surface area contributed by atoms with Gasteiger partial charge in [-0.15, -0.1) is 0 Å². The van der Waals surface area contributed by atoms with Gasteiger partial charge in [-0.2, -0.15) is 0 Å². The summed E-state index contributed by atoms with van der Waals surface area (Å²) in [5.41, 5.74) is 0. The van der Waals surface area contributed by atoms with Crippen LogP contribution >= 0.6 is 0 Å². The van der Waals surface area contributed by atoms with E-state index in [1.54, 1.807) is 0 Å². The average Bonchev–Trinajstić information content (AvgIpc) is 2.69. The van der Waals surface area contributed by atoms with Gasteiger partial charge in [0, 0.05) is 24.9 Å². The minimum absolute atomic E-state index is 0.136. The Kier molecular flexibility index (Phi) is 5.63. The highest BCUT2D eigenvalue weighted by molar-refractivity contribution is 5.79. The minimum atomic E-state index is -0.791. The summed E-state index contributed by atoms with van der Waals surface area (Å²) in [6.07, 6.45) is 3.94. The Balaban J connectivity index is 2.55. The van der Waals surface area contributed by atoms with Crippen LogP contribution in [0, 0.1) is 11.8 Å². The van der Waals surface area contributed by atoms with Gasteiger partial charge in [0.15, 0.2) is 0 Å². The van der Waals surface area contributed by atoms with Crippen molar-refractivity contribution in [3.63, 3.8) is 0 Å². The lowest BCUT2D eigenvalue weighted by molar-refractivity contribution is -0.140. The molecule has 0 aromatic carbocycles. The van der Waals surface area contributed by atoms with E-state index in [0.717, 1.165) is 19.3 Å². The van der Waals surface area contributed by atoms with E-state index in [1.807, 2.05) is 18.7 Å². The summed E-state index contributed by atoms with van der Waals surface area (Å²) in [4.78, 5) is 24.8. The van der Waals surface area contributed by atoms with Crippen LogP contribution in [-0.4, -0.2) is 34.5 Å². The van der Waals surface area contributed by atoms with E-state index < -0.39 is 5.97 Å². The molecule has 0 bridgehead atoms. The molecule has 0 aromatic rings. The minimum Gasteiger partial charge on any atom is -0.481 e. The second-order valence-electron chi connectivity index (χ2n) is 5.64. The molecule has 0 saturated heterocycles. The fourth-order valence-corrected chi connectivity index (χ4v) is 2.75. The van der Waals surface area contributed by atoms with E-state index in [1.165, 1.54) is 0 Å². The second kappa shape index (κ2) is 6.76.